The molecule has 96 valence electrons. The molecule has 0 aliphatic heterocycles. The number of halogens is 1. The van der Waals surface area contributed by atoms with Crippen LogP contribution in [0.15, 0.2) is 18.2 Å². The van der Waals surface area contributed by atoms with Crippen LogP contribution < -0.4 is 5.73 Å². The second-order valence-electron chi connectivity index (χ2n) is 4.45. The molecule has 0 spiro atoms. The van der Waals surface area contributed by atoms with Crippen LogP contribution in [0.4, 0.5) is 10.1 Å². The van der Waals surface area contributed by atoms with Gasteiger partial charge in [-0.3, -0.25) is 4.90 Å². The van der Waals surface area contributed by atoms with Gasteiger partial charge in [0.15, 0.2) is 0 Å². The standard InChI is InChI=1S/C13H21FN2O/c1-10(2)16(4-5-17-3)9-11-6-12(14)8-13(15)7-11/h6-8,10H,4-5,9,15H2,1-3H3. The van der Waals surface area contributed by atoms with Crippen molar-refractivity contribution in [1.82, 2.24) is 4.90 Å². The van der Waals surface area contributed by atoms with Crippen molar-refractivity contribution in [3.63, 3.8) is 0 Å². The van der Waals surface area contributed by atoms with E-state index < -0.39 is 0 Å². The monoisotopic (exact) mass is 240 g/mol. The summed E-state index contributed by atoms with van der Waals surface area (Å²) in [5.41, 5.74) is 6.99. The van der Waals surface area contributed by atoms with Crippen LogP contribution in [-0.4, -0.2) is 31.2 Å². The number of rotatable bonds is 6. The van der Waals surface area contributed by atoms with Crippen LogP contribution in [0.2, 0.25) is 0 Å². The number of ether oxygens (including phenoxy) is 1. The summed E-state index contributed by atoms with van der Waals surface area (Å²) in [5, 5.41) is 0. The first-order valence-electron chi connectivity index (χ1n) is 5.81. The van der Waals surface area contributed by atoms with Gasteiger partial charge in [0, 0.05) is 31.9 Å². The van der Waals surface area contributed by atoms with Gasteiger partial charge in [-0.05, 0) is 37.6 Å². The minimum atomic E-state index is -0.282. The molecule has 0 saturated carbocycles. The van der Waals surface area contributed by atoms with Crippen LogP contribution in [0.25, 0.3) is 0 Å². The lowest BCUT2D eigenvalue weighted by atomic mass is 10.1. The molecule has 0 atom stereocenters. The molecular formula is C13H21FN2O. The Morgan fingerprint density at radius 1 is 1.35 bits per heavy atom. The maximum absolute atomic E-state index is 13.2. The third-order valence-electron chi connectivity index (χ3n) is 2.68. The number of nitrogens with two attached hydrogens (primary N) is 1. The summed E-state index contributed by atoms with van der Waals surface area (Å²) in [6, 6.07) is 5.05. The molecule has 17 heavy (non-hydrogen) atoms. The number of anilines is 1. The van der Waals surface area contributed by atoms with Gasteiger partial charge in [0.25, 0.3) is 0 Å². The third kappa shape index (κ3) is 4.71. The van der Waals surface area contributed by atoms with Gasteiger partial charge in [-0.25, -0.2) is 4.39 Å². The first-order valence-corrected chi connectivity index (χ1v) is 5.81. The van der Waals surface area contributed by atoms with Gasteiger partial charge >= 0.3 is 0 Å². The topological polar surface area (TPSA) is 38.5 Å². The van der Waals surface area contributed by atoms with E-state index in [1.165, 1.54) is 12.1 Å². The summed E-state index contributed by atoms with van der Waals surface area (Å²) in [6.45, 7) is 6.40. The fourth-order valence-corrected chi connectivity index (χ4v) is 1.73. The molecule has 0 unspecified atom stereocenters. The lowest BCUT2D eigenvalue weighted by molar-refractivity contribution is 0.125. The lowest BCUT2D eigenvalue weighted by Gasteiger charge is -2.26. The molecular weight excluding hydrogens is 219 g/mol. The highest BCUT2D eigenvalue weighted by molar-refractivity contribution is 5.41. The van der Waals surface area contributed by atoms with Crippen LogP contribution in [-0.2, 0) is 11.3 Å². The third-order valence-corrected chi connectivity index (χ3v) is 2.68. The summed E-state index contributed by atoms with van der Waals surface area (Å²) in [5.74, 6) is -0.282. The Kier molecular flexibility index (Phi) is 5.38. The molecule has 3 nitrogen and oxygen atoms in total. The molecule has 0 heterocycles. The minimum Gasteiger partial charge on any atom is -0.399 e. The van der Waals surface area contributed by atoms with Crippen LogP contribution in [0, 0.1) is 5.82 Å². The van der Waals surface area contributed by atoms with Crippen molar-refractivity contribution >= 4 is 5.69 Å². The molecule has 0 aliphatic carbocycles. The highest BCUT2D eigenvalue weighted by atomic mass is 19.1. The molecule has 1 aromatic carbocycles. The van der Waals surface area contributed by atoms with Gasteiger partial charge in [-0.15, -0.1) is 0 Å². The largest absolute Gasteiger partial charge is 0.399 e. The maximum Gasteiger partial charge on any atom is 0.125 e. The van der Waals surface area contributed by atoms with Crippen molar-refractivity contribution in [1.29, 1.82) is 0 Å². The lowest BCUT2D eigenvalue weighted by Crippen LogP contribution is -2.33. The van der Waals surface area contributed by atoms with Crippen molar-refractivity contribution in [3.8, 4) is 0 Å². The van der Waals surface area contributed by atoms with Gasteiger partial charge in [0.1, 0.15) is 5.82 Å². The summed E-state index contributed by atoms with van der Waals surface area (Å²) in [4.78, 5) is 2.22. The highest BCUT2D eigenvalue weighted by Crippen LogP contribution is 2.14. The Balaban J connectivity index is 2.71. The van der Waals surface area contributed by atoms with Crippen molar-refractivity contribution in [3.05, 3.63) is 29.6 Å². The molecule has 0 bridgehead atoms. The minimum absolute atomic E-state index is 0.282. The summed E-state index contributed by atoms with van der Waals surface area (Å²) in [7, 11) is 1.68. The summed E-state index contributed by atoms with van der Waals surface area (Å²) < 4.78 is 18.3. The summed E-state index contributed by atoms with van der Waals surface area (Å²) in [6.07, 6.45) is 0. The Bertz CT molecular complexity index is 335. The average Bonchev–Trinajstić information content (AvgIpc) is 2.22. The predicted octanol–water partition coefficient (Wildman–Crippen LogP) is 2.26. The van der Waals surface area contributed by atoms with Gasteiger partial charge in [-0.2, -0.15) is 0 Å². The molecule has 0 radical (unpaired) electrons. The average molecular weight is 240 g/mol. The van der Waals surface area contributed by atoms with Crippen molar-refractivity contribution < 1.29 is 9.13 Å². The zero-order valence-electron chi connectivity index (χ0n) is 10.7. The van der Waals surface area contributed by atoms with Gasteiger partial charge < -0.3 is 10.5 Å². The smallest absolute Gasteiger partial charge is 0.125 e. The normalized spacial score (nSPS) is 11.4. The molecule has 2 N–H and O–H groups in total. The van der Waals surface area contributed by atoms with E-state index in [4.69, 9.17) is 10.5 Å². The Labute approximate surface area is 102 Å². The number of methoxy groups -OCH3 is 1. The van der Waals surface area contributed by atoms with Crippen LogP contribution in [0.1, 0.15) is 19.4 Å². The SMILES string of the molecule is COCCN(Cc1cc(N)cc(F)c1)C(C)C. The molecule has 1 aromatic rings. The first-order chi connectivity index (χ1) is 8.02. The zero-order valence-corrected chi connectivity index (χ0v) is 10.7. The van der Waals surface area contributed by atoms with Crippen LogP contribution >= 0.6 is 0 Å². The fourth-order valence-electron chi connectivity index (χ4n) is 1.73. The molecule has 4 heteroatoms. The number of benzene rings is 1. The summed E-state index contributed by atoms with van der Waals surface area (Å²) >= 11 is 0. The first kappa shape index (κ1) is 13.9. The van der Waals surface area contributed by atoms with Crippen LogP contribution in [0.5, 0.6) is 0 Å². The zero-order chi connectivity index (χ0) is 12.8. The Morgan fingerprint density at radius 3 is 2.59 bits per heavy atom. The second kappa shape index (κ2) is 6.57. The van der Waals surface area contributed by atoms with E-state index in [0.29, 0.717) is 24.9 Å². The van der Waals surface area contributed by atoms with Gasteiger partial charge in [-0.1, -0.05) is 0 Å². The van der Waals surface area contributed by atoms with Gasteiger partial charge in [0.05, 0.1) is 6.61 Å². The molecule has 0 saturated heterocycles. The highest BCUT2D eigenvalue weighted by Gasteiger charge is 2.10. The fraction of sp³-hybridized carbons (Fsp3) is 0.538. The molecule has 0 aromatic heterocycles. The van der Waals surface area contributed by atoms with E-state index in [-0.39, 0.29) is 5.82 Å². The van der Waals surface area contributed by atoms with E-state index in [0.717, 1.165) is 12.1 Å². The number of nitrogens with zero attached hydrogens (tertiary/aromatic N) is 1. The number of nitrogen functional groups attached to an aromatic ring is 1. The Hall–Kier alpha value is -1.13. The van der Waals surface area contributed by atoms with E-state index in [1.54, 1.807) is 7.11 Å². The molecule has 1 rings (SSSR count). The Morgan fingerprint density at radius 2 is 2.06 bits per heavy atom. The van der Waals surface area contributed by atoms with Gasteiger partial charge in [0.2, 0.25) is 0 Å². The molecule has 0 fully saturated rings. The molecule has 0 aliphatic rings. The number of hydrogen-bond donors (Lipinski definition) is 1. The van der Waals surface area contributed by atoms with E-state index in [9.17, 15) is 4.39 Å². The molecule has 0 amide bonds. The van der Waals surface area contributed by atoms with Crippen molar-refractivity contribution in [2.45, 2.75) is 26.4 Å². The van der Waals surface area contributed by atoms with Crippen molar-refractivity contribution in [2.75, 3.05) is 26.0 Å². The van der Waals surface area contributed by atoms with Crippen molar-refractivity contribution in [2.24, 2.45) is 0 Å². The maximum atomic E-state index is 13.2. The quantitative estimate of drug-likeness (QED) is 0.775. The number of hydrogen-bond acceptors (Lipinski definition) is 3. The van der Waals surface area contributed by atoms with E-state index in [1.807, 2.05) is 6.07 Å². The second-order valence-corrected chi connectivity index (χ2v) is 4.45. The predicted molar refractivity (Wildman–Crippen MR) is 68.2 cm³/mol. The van der Waals surface area contributed by atoms with E-state index in [2.05, 4.69) is 18.7 Å². The van der Waals surface area contributed by atoms with E-state index >= 15 is 0 Å². The van der Waals surface area contributed by atoms with Crippen LogP contribution in [0.3, 0.4) is 0 Å².